The van der Waals surface area contributed by atoms with E-state index < -0.39 is 0 Å². The maximum Gasteiger partial charge on any atom is 0.244 e. The van der Waals surface area contributed by atoms with Gasteiger partial charge in [-0.25, -0.2) is 9.13 Å². The van der Waals surface area contributed by atoms with Crippen LogP contribution in [-0.2, 0) is 18.4 Å². The maximum atomic E-state index is 2.53. The number of hydrogen-bond donors (Lipinski definition) is 0. The van der Waals surface area contributed by atoms with E-state index in [0.717, 1.165) is 13.0 Å². The molecule has 2 heteroatoms. The van der Waals surface area contributed by atoms with Crippen LogP contribution < -0.4 is 4.57 Å². The van der Waals surface area contributed by atoms with Gasteiger partial charge in [0.1, 0.15) is 25.0 Å². The van der Waals surface area contributed by atoms with Crippen LogP contribution in [-0.4, -0.2) is 4.57 Å². The standard InChI is InChI=1S/C42H59N2/c1-3-4-5-6-7-8-9-10-11-12-13-14-15-25-32-41(44-34-33-43(37-44)36-39-28-21-17-22-29-39)42(2,40-30-23-18-24-31-40)35-38-26-19-16-20-27-38/h16-24,26-31,33-34,37,41H,3-15,25,32,35-36H2,1-2H3/q+1. The first-order chi connectivity index (χ1) is 21.7. The fourth-order valence-corrected chi connectivity index (χ4v) is 7.06. The number of hydrogen-bond acceptors (Lipinski definition) is 0. The summed E-state index contributed by atoms with van der Waals surface area (Å²) in [6.07, 6.45) is 28.8. The summed E-state index contributed by atoms with van der Waals surface area (Å²) in [6.45, 7) is 5.71. The highest BCUT2D eigenvalue weighted by atomic mass is 15.1. The van der Waals surface area contributed by atoms with Gasteiger partial charge >= 0.3 is 0 Å². The molecule has 0 bridgehead atoms. The van der Waals surface area contributed by atoms with E-state index in [1.54, 1.807) is 0 Å². The highest BCUT2D eigenvalue weighted by molar-refractivity contribution is 5.31. The Morgan fingerprint density at radius 2 is 1.07 bits per heavy atom. The van der Waals surface area contributed by atoms with Gasteiger partial charge in [0, 0.05) is 5.41 Å². The van der Waals surface area contributed by atoms with E-state index in [4.69, 9.17) is 0 Å². The minimum atomic E-state index is -0.0250. The predicted molar refractivity (Wildman–Crippen MR) is 188 cm³/mol. The molecule has 1 aromatic heterocycles. The van der Waals surface area contributed by atoms with Crippen LogP contribution in [0.3, 0.4) is 0 Å². The third-order valence-electron chi connectivity index (χ3n) is 9.69. The largest absolute Gasteiger partial charge is 0.244 e. The third kappa shape index (κ3) is 11.1. The van der Waals surface area contributed by atoms with Crippen molar-refractivity contribution in [3.05, 3.63) is 126 Å². The first-order valence-electron chi connectivity index (χ1n) is 17.9. The highest BCUT2D eigenvalue weighted by Crippen LogP contribution is 2.41. The number of nitrogens with zero attached hydrogens (tertiary/aromatic N) is 2. The lowest BCUT2D eigenvalue weighted by Gasteiger charge is -2.37. The molecule has 0 spiro atoms. The second-order valence-corrected chi connectivity index (χ2v) is 13.4. The van der Waals surface area contributed by atoms with Crippen LogP contribution in [0.25, 0.3) is 0 Å². The number of imidazole rings is 1. The smallest absolute Gasteiger partial charge is 0.233 e. The van der Waals surface area contributed by atoms with Gasteiger partial charge in [-0.05, 0) is 36.0 Å². The van der Waals surface area contributed by atoms with Crippen molar-refractivity contribution in [2.24, 2.45) is 0 Å². The fourth-order valence-electron chi connectivity index (χ4n) is 7.06. The Bertz CT molecular complexity index is 1260. The van der Waals surface area contributed by atoms with Gasteiger partial charge < -0.3 is 0 Å². The molecule has 0 saturated heterocycles. The summed E-state index contributed by atoms with van der Waals surface area (Å²) in [4.78, 5) is 0. The van der Waals surface area contributed by atoms with Gasteiger partial charge in [0.05, 0.1) is 0 Å². The van der Waals surface area contributed by atoms with Gasteiger partial charge in [-0.3, -0.25) is 0 Å². The fraction of sp³-hybridized carbons (Fsp3) is 0.500. The first kappa shape index (κ1) is 33.8. The summed E-state index contributed by atoms with van der Waals surface area (Å²) >= 11 is 0. The van der Waals surface area contributed by atoms with Gasteiger partial charge in [0.15, 0.2) is 0 Å². The molecule has 236 valence electrons. The molecule has 0 fully saturated rings. The Morgan fingerprint density at radius 1 is 0.591 bits per heavy atom. The van der Waals surface area contributed by atoms with E-state index in [-0.39, 0.29) is 5.41 Å². The van der Waals surface area contributed by atoms with E-state index in [1.165, 1.54) is 113 Å². The van der Waals surface area contributed by atoms with Crippen LogP contribution in [0.2, 0.25) is 0 Å². The Kier molecular flexibility index (Phi) is 14.8. The highest BCUT2D eigenvalue weighted by Gasteiger charge is 2.40. The molecule has 4 aromatic rings. The third-order valence-corrected chi connectivity index (χ3v) is 9.69. The Labute approximate surface area is 269 Å². The molecule has 44 heavy (non-hydrogen) atoms. The summed E-state index contributed by atoms with van der Waals surface area (Å²) in [5, 5.41) is 0. The average Bonchev–Trinajstić information content (AvgIpc) is 3.52. The summed E-state index contributed by atoms with van der Waals surface area (Å²) in [6, 6.07) is 33.6. The zero-order chi connectivity index (χ0) is 30.7. The van der Waals surface area contributed by atoms with Gasteiger partial charge in [-0.1, -0.05) is 188 Å². The summed E-state index contributed by atoms with van der Waals surface area (Å²) in [5.41, 5.74) is 4.16. The SMILES string of the molecule is CCCCCCCCCCCCCCCCC(n1cc[n+](Cc2ccccc2)c1)C(C)(Cc1ccccc1)c1ccccc1. The normalized spacial score (nSPS) is 13.5. The molecule has 2 unspecified atom stereocenters. The zero-order valence-electron chi connectivity index (χ0n) is 27.9. The second-order valence-electron chi connectivity index (χ2n) is 13.4. The Balaban J connectivity index is 1.37. The van der Waals surface area contributed by atoms with Crippen molar-refractivity contribution in [3.8, 4) is 0 Å². The molecule has 0 radical (unpaired) electrons. The lowest BCUT2D eigenvalue weighted by Crippen LogP contribution is -2.38. The first-order valence-corrected chi connectivity index (χ1v) is 17.9. The van der Waals surface area contributed by atoms with E-state index >= 15 is 0 Å². The molecule has 4 rings (SSSR count). The van der Waals surface area contributed by atoms with E-state index in [9.17, 15) is 0 Å². The van der Waals surface area contributed by atoms with Crippen molar-refractivity contribution >= 4 is 0 Å². The molecule has 0 aliphatic heterocycles. The van der Waals surface area contributed by atoms with Crippen LogP contribution in [0, 0.1) is 0 Å². The molecule has 0 saturated carbocycles. The second kappa shape index (κ2) is 19.3. The van der Waals surface area contributed by atoms with E-state index in [1.807, 2.05) is 0 Å². The summed E-state index contributed by atoms with van der Waals surface area (Å²) in [7, 11) is 0. The number of aromatic nitrogens is 2. The van der Waals surface area contributed by atoms with Gasteiger partial charge in [-0.15, -0.1) is 0 Å². The lowest BCUT2D eigenvalue weighted by atomic mass is 9.70. The number of unbranched alkanes of at least 4 members (excludes halogenated alkanes) is 13. The monoisotopic (exact) mass is 591 g/mol. The Hall–Kier alpha value is -3.13. The molecule has 0 amide bonds. The Morgan fingerprint density at radius 3 is 1.61 bits per heavy atom. The van der Waals surface area contributed by atoms with Crippen molar-refractivity contribution in [1.82, 2.24) is 4.57 Å². The minimum absolute atomic E-state index is 0.0250. The molecular formula is C42H59N2+. The van der Waals surface area contributed by atoms with Crippen LogP contribution in [0.4, 0.5) is 0 Å². The molecule has 2 atom stereocenters. The van der Waals surface area contributed by atoms with E-state index in [0.29, 0.717) is 6.04 Å². The number of rotatable bonds is 22. The number of benzene rings is 3. The van der Waals surface area contributed by atoms with Crippen molar-refractivity contribution in [2.45, 2.75) is 135 Å². The molecule has 2 nitrogen and oxygen atoms in total. The summed E-state index contributed by atoms with van der Waals surface area (Å²) in [5.74, 6) is 0. The van der Waals surface area contributed by atoms with Crippen molar-refractivity contribution < 1.29 is 4.57 Å². The lowest BCUT2D eigenvalue weighted by molar-refractivity contribution is -0.688. The van der Waals surface area contributed by atoms with Crippen LogP contribution in [0.1, 0.15) is 133 Å². The molecule has 0 aliphatic rings. The average molecular weight is 592 g/mol. The quantitative estimate of drug-likeness (QED) is 0.0635. The van der Waals surface area contributed by atoms with Gasteiger partial charge in [-0.2, -0.15) is 0 Å². The zero-order valence-corrected chi connectivity index (χ0v) is 27.9. The molecule has 0 aliphatic carbocycles. The van der Waals surface area contributed by atoms with Crippen LogP contribution in [0.5, 0.6) is 0 Å². The van der Waals surface area contributed by atoms with Crippen molar-refractivity contribution in [1.29, 1.82) is 0 Å². The van der Waals surface area contributed by atoms with Crippen LogP contribution >= 0.6 is 0 Å². The molecular weight excluding hydrogens is 532 g/mol. The van der Waals surface area contributed by atoms with Crippen molar-refractivity contribution in [2.75, 3.05) is 0 Å². The topological polar surface area (TPSA) is 8.81 Å². The van der Waals surface area contributed by atoms with Gasteiger partial charge in [0.2, 0.25) is 6.33 Å². The molecule has 0 N–H and O–H groups in total. The predicted octanol–water partition coefficient (Wildman–Crippen LogP) is 11.4. The van der Waals surface area contributed by atoms with Crippen LogP contribution in [0.15, 0.2) is 110 Å². The summed E-state index contributed by atoms with van der Waals surface area (Å²) < 4.78 is 4.88. The molecule has 1 heterocycles. The minimum Gasteiger partial charge on any atom is -0.233 e. The maximum absolute atomic E-state index is 2.53. The molecule has 3 aromatic carbocycles. The van der Waals surface area contributed by atoms with Gasteiger partial charge in [0.25, 0.3) is 0 Å². The van der Waals surface area contributed by atoms with Crippen molar-refractivity contribution in [3.63, 3.8) is 0 Å². The van der Waals surface area contributed by atoms with E-state index in [2.05, 4.69) is 133 Å².